The fourth-order valence-electron chi connectivity index (χ4n) is 1.44. The zero-order chi connectivity index (χ0) is 9.84. The van der Waals surface area contributed by atoms with E-state index in [1.54, 1.807) is 4.90 Å². The van der Waals surface area contributed by atoms with Crippen molar-refractivity contribution in [1.29, 1.82) is 0 Å². The van der Waals surface area contributed by atoms with Crippen LogP contribution in [0.2, 0.25) is 0 Å². The zero-order valence-electron chi connectivity index (χ0n) is 7.77. The maximum atomic E-state index is 11.6. The van der Waals surface area contributed by atoms with E-state index in [1.165, 1.54) is 7.11 Å². The Morgan fingerprint density at radius 3 is 2.92 bits per heavy atom. The van der Waals surface area contributed by atoms with E-state index >= 15 is 0 Å². The van der Waals surface area contributed by atoms with Crippen molar-refractivity contribution in [3.8, 4) is 0 Å². The molecule has 1 heterocycles. The summed E-state index contributed by atoms with van der Waals surface area (Å²) in [6, 6.07) is 0. The minimum Gasteiger partial charge on any atom is -0.391 e. The summed E-state index contributed by atoms with van der Waals surface area (Å²) in [6.07, 6.45) is -0.309. The van der Waals surface area contributed by atoms with Crippen molar-refractivity contribution in [2.45, 2.75) is 18.6 Å². The van der Waals surface area contributed by atoms with E-state index in [9.17, 15) is 9.90 Å². The highest BCUT2D eigenvalue weighted by molar-refractivity contribution is 5.81. The number of carbonyl (C=O) groups is 1. The lowest BCUT2D eigenvalue weighted by Crippen LogP contribution is -2.42. The third-order valence-corrected chi connectivity index (χ3v) is 2.25. The first-order valence-electron chi connectivity index (χ1n) is 4.38. The molecule has 2 atom stereocenters. The normalized spacial score (nSPS) is 24.8. The van der Waals surface area contributed by atoms with E-state index in [0.717, 1.165) is 0 Å². The lowest BCUT2D eigenvalue weighted by atomic mass is 10.3. The molecule has 1 aliphatic heterocycles. The van der Waals surface area contributed by atoms with Gasteiger partial charge in [0.25, 0.3) is 5.91 Å². The van der Waals surface area contributed by atoms with E-state index < -0.39 is 6.10 Å². The smallest absolute Gasteiger partial charge is 0.253 e. The van der Waals surface area contributed by atoms with Gasteiger partial charge in [0.15, 0.2) is 0 Å². The van der Waals surface area contributed by atoms with Crippen LogP contribution in [-0.4, -0.2) is 54.9 Å². The van der Waals surface area contributed by atoms with Gasteiger partial charge in [0, 0.05) is 26.7 Å². The van der Waals surface area contributed by atoms with Gasteiger partial charge < -0.3 is 20.5 Å². The van der Waals surface area contributed by atoms with Gasteiger partial charge in [0.05, 0.1) is 6.10 Å². The summed E-state index contributed by atoms with van der Waals surface area (Å²) in [5.41, 5.74) is 5.35. The van der Waals surface area contributed by atoms with Crippen LogP contribution in [0.15, 0.2) is 0 Å². The Balaban J connectivity index is 2.47. The van der Waals surface area contributed by atoms with Gasteiger partial charge in [-0.2, -0.15) is 0 Å². The molecule has 1 fully saturated rings. The SMILES string of the molecule is COC(CN)C(=O)N1CC[C@H](O)C1. The van der Waals surface area contributed by atoms with Crippen LogP contribution < -0.4 is 5.73 Å². The number of hydrogen-bond donors (Lipinski definition) is 2. The number of carbonyl (C=O) groups excluding carboxylic acids is 1. The summed E-state index contributed by atoms with van der Waals surface area (Å²) in [4.78, 5) is 13.2. The minimum atomic E-state index is -0.565. The first-order valence-corrected chi connectivity index (χ1v) is 4.38. The highest BCUT2D eigenvalue weighted by Crippen LogP contribution is 2.10. The molecular formula is C8H16N2O3. The monoisotopic (exact) mass is 188 g/mol. The maximum Gasteiger partial charge on any atom is 0.253 e. The Bertz CT molecular complexity index is 182. The molecule has 1 aliphatic rings. The number of ether oxygens (including phenoxy) is 1. The summed E-state index contributed by atoms with van der Waals surface area (Å²) >= 11 is 0. The fraction of sp³-hybridized carbons (Fsp3) is 0.875. The summed E-state index contributed by atoms with van der Waals surface area (Å²) in [6.45, 7) is 1.18. The molecule has 13 heavy (non-hydrogen) atoms. The van der Waals surface area contributed by atoms with Gasteiger partial charge in [-0.1, -0.05) is 0 Å². The molecule has 0 aromatic rings. The molecule has 0 spiro atoms. The maximum absolute atomic E-state index is 11.6. The van der Waals surface area contributed by atoms with Gasteiger partial charge in [-0.05, 0) is 6.42 Å². The van der Waals surface area contributed by atoms with Crippen LogP contribution in [0.1, 0.15) is 6.42 Å². The van der Waals surface area contributed by atoms with E-state index in [0.29, 0.717) is 19.5 Å². The van der Waals surface area contributed by atoms with Crippen LogP contribution in [0.25, 0.3) is 0 Å². The van der Waals surface area contributed by atoms with Gasteiger partial charge in [-0.25, -0.2) is 0 Å². The van der Waals surface area contributed by atoms with E-state index in [1.807, 2.05) is 0 Å². The number of amides is 1. The lowest BCUT2D eigenvalue weighted by molar-refractivity contribution is -0.140. The van der Waals surface area contributed by atoms with E-state index in [4.69, 9.17) is 10.5 Å². The van der Waals surface area contributed by atoms with Crippen LogP contribution in [0.5, 0.6) is 0 Å². The molecule has 0 aromatic carbocycles. The van der Waals surface area contributed by atoms with Crippen molar-refractivity contribution in [2.75, 3.05) is 26.7 Å². The molecule has 76 valence electrons. The van der Waals surface area contributed by atoms with Crippen LogP contribution in [-0.2, 0) is 9.53 Å². The molecule has 1 amide bonds. The second-order valence-electron chi connectivity index (χ2n) is 3.19. The number of methoxy groups -OCH3 is 1. The summed E-state index contributed by atoms with van der Waals surface area (Å²) in [5, 5.41) is 9.21. The third kappa shape index (κ3) is 2.40. The first-order chi connectivity index (χ1) is 6.19. The number of likely N-dealkylation sites (tertiary alicyclic amines) is 1. The Kier molecular flexibility index (Phi) is 3.65. The highest BCUT2D eigenvalue weighted by atomic mass is 16.5. The van der Waals surface area contributed by atoms with E-state index in [2.05, 4.69) is 0 Å². The predicted molar refractivity (Wildman–Crippen MR) is 47.1 cm³/mol. The number of aliphatic hydroxyl groups is 1. The number of β-amino-alcohol motifs (C(OH)–C–C–N with tert-alkyl or cyclic N) is 1. The predicted octanol–water partition coefficient (Wildman–Crippen LogP) is -1.45. The summed E-state index contributed by atoms with van der Waals surface area (Å²) < 4.78 is 4.91. The van der Waals surface area contributed by atoms with Crippen LogP contribution in [0.4, 0.5) is 0 Å². The average Bonchev–Trinajstić information content (AvgIpc) is 2.54. The Labute approximate surface area is 77.5 Å². The molecular weight excluding hydrogens is 172 g/mol. The van der Waals surface area contributed by atoms with Crippen molar-refractivity contribution in [2.24, 2.45) is 5.73 Å². The number of hydrogen-bond acceptors (Lipinski definition) is 4. The standard InChI is InChI=1S/C8H16N2O3/c1-13-7(4-9)8(12)10-3-2-6(11)5-10/h6-7,11H,2-5,9H2,1H3/t6-,7?/m0/s1. The molecule has 0 aliphatic carbocycles. The molecule has 3 N–H and O–H groups in total. The summed E-state index contributed by atoms with van der Waals surface area (Å²) in [5.74, 6) is -0.124. The van der Waals surface area contributed by atoms with Crippen LogP contribution >= 0.6 is 0 Å². The molecule has 0 saturated carbocycles. The number of aliphatic hydroxyl groups excluding tert-OH is 1. The largest absolute Gasteiger partial charge is 0.391 e. The van der Waals surface area contributed by atoms with Crippen molar-refractivity contribution in [3.05, 3.63) is 0 Å². The van der Waals surface area contributed by atoms with Gasteiger partial charge in [0.1, 0.15) is 6.10 Å². The van der Waals surface area contributed by atoms with E-state index in [-0.39, 0.29) is 18.6 Å². The molecule has 0 bridgehead atoms. The third-order valence-electron chi connectivity index (χ3n) is 2.25. The molecule has 0 aromatic heterocycles. The Hall–Kier alpha value is -0.650. The van der Waals surface area contributed by atoms with Gasteiger partial charge in [0.2, 0.25) is 0 Å². The lowest BCUT2D eigenvalue weighted by Gasteiger charge is -2.20. The number of nitrogens with zero attached hydrogens (tertiary/aromatic N) is 1. The molecule has 5 nitrogen and oxygen atoms in total. The molecule has 0 radical (unpaired) electrons. The second-order valence-corrected chi connectivity index (χ2v) is 3.19. The molecule has 1 saturated heterocycles. The Morgan fingerprint density at radius 2 is 2.54 bits per heavy atom. The highest BCUT2D eigenvalue weighted by Gasteiger charge is 2.28. The minimum absolute atomic E-state index is 0.124. The topological polar surface area (TPSA) is 75.8 Å². The molecule has 5 heteroatoms. The van der Waals surface area contributed by atoms with Crippen molar-refractivity contribution < 1.29 is 14.6 Å². The quantitative estimate of drug-likeness (QED) is 0.568. The second kappa shape index (κ2) is 4.55. The Morgan fingerprint density at radius 1 is 1.85 bits per heavy atom. The first kappa shape index (κ1) is 10.4. The summed E-state index contributed by atoms with van der Waals surface area (Å²) in [7, 11) is 1.46. The van der Waals surface area contributed by atoms with Gasteiger partial charge >= 0.3 is 0 Å². The molecule has 1 rings (SSSR count). The van der Waals surface area contributed by atoms with Crippen molar-refractivity contribution in [3.63, 3.8) is 0 Å². The number of rotatable bonds is 3. The van der Waals surface area contributed by atoms with Crippen molar-refractivity contribution in [1.82, 2.24) is 4.90 Å². The average molecular weight is 188 g/mol. The van der Waals surface area contributed by atoms with Crippen LogP contribution in [0, 0.1) is 0 Å². The number of nitrogens with two attached hydrogens (primary N) is 1. The zero-order valence-corrected chi connectivity index (χ0v) is 7.77. The van der Waals surface area contributed by atoms with Crippen molar-refractivity contribution >= 4 is 5.91 Å². The van der Waals surface area contributed by atoms with Gasteiger partial charge in [-0.15, -0.1) is 0 Å². The van der Waals surface area contributed by atoms with Crippen LogP contribution in [0.3, 0.4) is 0 Å². The fourth-order valence-corrected chi connectivity index (χ4v) is 1.44. The molecule has 1 unspecified atom stereocenters. The van der Waals surface area contributed by atoms with Gasteiger partial charge in [-0.3, -0.25) is 4.79 Å².